The number of unbranched alkanes of at least 4 members (excludes halogenated alkanes) is 1. The average Bonchev–Trinajstić information content (AvgIpc) is 1.85. The predicted octanol–water partition coefficient (Wildman–Crippen LogP) is 2.08. The number of rotatable bonds is 3. The van der Waals surface area contributed by atoms with Crippen molar-refractivity contribution in [2.24, 2.45) is 5.73 Å². The van der Waals surface area contributed by atoms with E-state index in [0.717, 1.165) is 12.8 Å². The molecule has 0 heterocycles. The number of hydrogen-bond donors (Lipinski definition) is 1. The van der Waals surface area contributed by atoms with Crippen LogP contribution in [0, 0.1) is 0 Å². The summed E-state index contributed by atoms with van der Waals surface area (Å²) in [6.07, 6.45) is 3.76. The van der Waals surface area contributed by atoms with Crippen LogP contribution in [0.3, 0.4) is 0 Å². The monoisotopic (exact) mass is 145 g/mol. The Morgan fingerprint density at radius 3 is 1.80 bits per heavy atom. The predicted molar refractivity (Wildman–Crippen MR) is 44.7 cm³/mol. The van der Waals surface area contributed by atoms with Crippen LogP contribution in [0.4, 0.5) is 0 Å². The molecule has 2 nitrogen and oxygen atoms in total. The van der Waals surface area contributed by atoms with Gasteiger partial charge in [0.1, 0.15) is 0 Å². The molecule has 0 aromatic heterocycles. The van der Waals surface area contributed by atoms with E-state index in [-0.39, 0.29) is 5.91 Å². The Morgan fingerprint density at radius 1 is 1.30 bits per heavy atom. The lowest BCUT2D eigenvalue weighted by molar-refractivity contribution is -0.118. The molecule has 0 aliphatic rings. The van der Waals surface area contributed by atoms with Crippen LogP contribution in [0.15, 0.2) is 0 Å². The second kappa shape index (κ2) is 11.3. The highest BCUT2D eigenvalue weighted by Crippen LogP contribution is 1.89. The van der Waals surface area contributed by atoms with Crippen LogP contribution in [0.5, 0.6) is 0 Å². The minimum atomic E-state index is -0.193. The van der Waals surface area contributed by atoms with E-state index in [1.165, 1.54) is 6.42 Å². The zero-order valence-electron chi connectivity index (χ0n) is 7.31. The first-order valence-corrected chi connectivity index (χ1v) is 3.97. The van der Waals surface area contributed by atoms with E-state index in [1.807, 2.05) is 6.92 Å². The summed E-state index contributed by atoms with van der Waals surface area (Å²) in [6, 6.07) is 0. The Morgan fingerprint density at radius 2 is 1.70 bits per heavy atom. The van der Waals surface area contributed by atoms with Gasteiger partial charge in [0.05, 0.1) is 0 Å². The van der Waals surface area contributed by atoms with E-state index >= 15 is 0 Å². The molecule has 2 heteroatoms. The molecule has 0 bridgehead atoms. The van der Waals surface area contributed by atoms with Crippen LogP contribution < -0.4 is 5.73 Å². The molecule has 10 heavy (non-hydrogen) atoms. The van der Waals surface area contributed by atoms with Crippen LogP contribution >= 0.6 is 0 Å². The van der Waals surface area contributed by atoms with Crippen molar-refractivity contribution in [2.75, 3.05) is 0 Å². The fraction of sp³-hybridized carbons (Fsp3) is 0.875. The second-order valence-electron chi connectivity index (χ2n) is 2.28. The SMILES string of the molecule is CCC.CCCCC(N)=O. The van der Waals surface area contributed by atoms with Crippen molar-refractivity contribution in [1.29, 1.82) is 0 Å². The number of amides is 1. The van der Waals surface area contributed by atoms with Gasteiger partial charge in [-0.05, 0) is 6.42 Å². The fourth-order valence-corrected chi connectivity index (χ4v) is 0.351. The van der Waals surface area contributed by atoms with Crippen molar-refractivity contribution in [1.82, 2.24) is 0 Å². The summed E-state index contributed by atoms with van der Waals surface area (Å²) >= 11 is 0. The van der Waals surface area contributed by atoms with Gasteiger partial charge >= 0.3 is 0 Å². The molecule has 0 atom stereocenters. The Bertz CT molecular complexity index is 71.7. The van der Waals surface area contributed by atoms with E-state index in [4.69, 9.17) is 5.73 Å². The zero-order valence-corrected chi connectivity index (χ0v) is 7.31. The number of primary amides is 1. The molecule has 2 N–H and O–H groups in total. The highest BCUT2D eigenvalue weighted by atomic mass is 16.1. The largest absolute Gasteiger partial charge is 0.370 e. The molecule has 0 rings (SSSR count). The Kier molecular flexibility index (Phi) is 13.7. The van der Waals surface area contributed by atoms with Crippen LogP contribution in [0.1, 0.15) is 46.5 Å². The van der Waals surface area contributed by atoms with Crippen molar-refractivity contribution in [2.45, 2.75) is 46.5 Å². The molecule has 0 fully saturated rings. The van der Waals surface area contributed by atoms with Gasteiger partial charge in [0.25, 0.3) is 0 Å². The summed E-state index contributed by atoms with van der Waals surface area (Å²) in [5.74, 6) is -0.193. The quantitative estimate of drug-likeness (QED) is 0.649. The normalized spacial score (nSPS) is 7.90. The van der Waals surface area contributed by atoms with Crippen molar-refractivity contribution in [3.8, 4) is 0 Å². The first-order valence-electron chi connectivity index (χ1n) is 3.97. The minimum Gasteiger partial charge on any atom is -0.370 e. The van der Waals surface area contributed by atoms with Gasteiger partial charge < -0.3 is 5.73 Å². The van der Waals surface area contributed by atoms with E-state index in [2.05, 4.69) is 13.8 Å². The first-order chi connectivity index (χ1) is 4.68. The molecule has 0 aliphatic heterocycles. The topological polar surface area (TPSA) is 43.1 Å². The van der Waals surface area contributed by atoms with Crippen molar-refractivity contribution in [3.63, 3.8) is 0 Å². The molecule has 62 valence electrons. The van der Waals surface area contributed by atoms with E-state index in [1.54, 1.807) is 0 Å². The maximum absolute atomic E-state index is 9.98. The summed E-state index contributed by atoms with van der Waals surface area (Å²) < 4.78 is 0. The van der Waals surface area contributed by atoms with Gasteiger partial charge in [0.2, 0.25) is 5.91 Å². The van der Waals surface area contributed by atoms with Crippen LogP contribution in [-0.4, -0.2) is 5.91 Å². The molecule has 0 aromatic rings. The van der Waals surface area contributed by atoms with E-state index in [0.29, 0.717) is 6.42 Å². The van der Waals surface area contributed by atoms with Gasteiger partial charge in [-0.3, -0.25) is 4.79 Å². The van der Waals surface area contributed by atoms with Crippen molar-refractivity contribution < 1.29 is 4.79 Å². The highest BCUT2D eigenvalue weighted by molar-refractivity contribution is 5.73. The van der Waals surface area contributed by atoms with Gasteiger partial charge in [-0.2, -0.15) is 0 Å². The molecular weight excluding hydrogens is 126 g/mol. The third-order valence-corrected chi connectivity index (χ3v) is 0.777. The number of carbonyl (C=O) groups is 1. The van der Waals surface area contributed by atoms with E-state index < -0.39 is 0 Å². The standard InChI is InChI=1S/C5H11NO.C3H8/c1-2-3-4-5(6)7;1-3-2/h2-4H2,1H3,(H2,6,7);3H2,1-2H3. The van der Waals surface area contributed by atoms with Crippen molar-refractivity contribution in [3.05, 3.63) is 0 Å². The third-order valence-electron chi connectivity index (χ3n) is 0.777. The van der Waals surface area contributed by atoms with Crippen LogP contribution in [0.2, 0.25) is 0 Å². The highest BCUT2D eigenvalue weighted by Gasteiger charge is 1.88. The molecular formula is C8H19NO. The summed E-state index contributed by atoms with van der Waals surface area (Å²) in [6.45, 7) is 6.28. The first kappa shape index (κ1) is 12.2. The van der Waals surface area contributed by atoms with Crippen LogP contribution in [-0.2, 0) is 4.79 Å². The maximum atomic E-state index is 9.98. The third kappa shape index (κ3) is 26.0. The molecule has 0 unspecified atom stereocenters. The smallest absolute Gasteiger partial charge is 0.217 e. The summed E-state index contributed by atoms with van der Waals surface area (Å²) in [4.78, 5) is 9.98. The average molecular weight is 145 g/mol. The van der Waals surface area contributed by atoms with Gasteiger partial charge in [-0.25, -0.2) is 0 Å². The summed E-state index contributed by atoms with van der Waals surface area (Å²) in [5.41, 5.74) is 4.84. The molecule has 0 aliphatic carbocycles. The molecule has 0 aromatic carbocycles. The molecule has 0 saturated heterocycles. The lowest BCUT2D eigenvalue weighted by atomic mass is 10.2. The van der Waals surface area contributed by atoms with Gasteiger partial charge in [-0.1, -0.05) is 33.6 Å². The number of hydrogen-bond acceptors (Lipinski definition) is 1. The zero-order chi connectivity index (χ0) is 8.41. The lowest BCUT2D eigenvalue weighted by Gasteiger charge is -1.86. The van der Waals surface area contributed by atoms with Crippen molar-refractivity contribution >= 4 is 5.91 Å². The van der Waals surface area contributed by atoms with Crippen LogP contribution in [0.25, 0.3) is 0 Å². The Balaban J connectivity index is 0. The van der Waals surface area contributed by atoms with Gasteiger partial charge in [-0.15, -0.1) is 0 Å². The Labute approximate surface area is 63.8 Å². The maximum Gasteiger partial charge on any atom is 0.217 e. The lowest BCUT2D eigenvalue weighted by Crippen LogP contribution is -2.09. The van der Waals surface area contributed by atoms with Gasteiger partial charge in [0, 0.05) is 6.42 Å². The number of nitrogens with two attached hydrogens (primary N) is 1. The number of carbonyl (C=O) groups excluding carboxylic acids is 1. The molecule has 1 amide bonds. The van der Waals surface area contributed by atoms with Gasteiger partial charge in [0.15, 0.2) is 0 Å². The minimum absolute atomic E-state index is 0.193. The fourth-order valence-electron chi connectivity index (χ4n) is 0.351. The molecule has 0 spiro atoms. The second-order valence-corrected chi connectivity index (χ2v) is 2.28. The Hall–Kier alpha value is -0.530. The summed E-state index contributed by atoms with van der Waals surface area (Å²) in [7, 11) is 0. The van der Waals surface area contributed by atoms with E-state index in [9.17, 15) is 4.79 Å². The summed E-state index contributed by atoms with van der Waals surface area (Å²) in [5, 5.41) is 0. The molecule has 0 saturated carbocycles. The molecule has 0 radical (unpaired) electrons.